The highest BCUT2D eigenvalue weighted by Crippen LogP contribution is 2.24. The molecule has 0 aromatic heterocycles. The lowest BCUT2D eigenvalue weighted by Gasteiger charge is -2.32. The summed E-state index contributed by atoms with van der Waals surface area (Å²) in [5.74, 6) is 0.973. The molecule has 1 aromatic rings. The molecule has 0 aliphatic carbocycles. The summed E-state index contributed by atoms with van der Waals surface area (Å²) in [6.07, 6.45) is 3.52. The first kappa shape index (κ1) is 14.9. The van der Waals surface area contributed by atoms with Gasteiger partial charge >= 0.3 is 0 Å². The molecular formula is C17H26N2O. The minimum absolute atomic E-state index is 0.176. The van der Waals surface area contributed by atoms with Crippen molar-refractivity contribution < 1.29 is 4.79 Å². The van der Waals surface area contributed by atoms with Gasteiger partial charge in [-0.3, -0.25) is 4.79 Å². The maximum atomic E-state index is 12.7. The summed E-state index contributed by atoms with van der Waals surface area (Å²) in [4.78, 5) is 14.7. The molecule has 1 aliphatic heterocycles. The van der Waals surface area contributed by atoms with Gasteiger partial charge in [0.1, 0.15) is 0 Å². The summed E-state index contributed by atoms with van der Waals surface area (Å²) < 4.78 is 0. The first-order valence-electron chi connectivity index (χ1n) is 7.79. The zero-order valence-corrected chi connectivity index (χ0v) is 12.9. The highest BCUT2D eigenvalue weighted by molar-refractivity contribution is 5.99. The number of carbonyl (C=O) groups is 1. The molecule has 1 amide bonds. The Morgan fingerprint density at radius 3 is 2.60 bits per heavy atom. The quantitative estimate of drug-likeness (QED) is 0.908. The number of nitrogens with one attached hydrogen (secondary N) is 1. The number of hydrogen-bond acceptors (Lipinski definition) is 2. The molecule has 0 unspecified atom stereocenters. The molecule has 110 valence electrons. The van der Waals surface area contributed by atoms with Crippen molar-refractivity contribution in [1.82, 2.24) is 4.90 Å². The summed E-state index contributed by atoms with van der Waals surface area (Å²) in [5, 5.41) is 3.31. The largest absolute Gasteiger partial charge is 0.385 e. The summed E-state index contributed by atoms with van der Waals surface area (Å²) in [7, 11) is 0. The van der Waals surface area contributed by atoms with Gasteiger partial charge in [-0.2, -0.15) is 0 Å². The van der Waals surface area contributed by atoms with E-state index in [4.69, 9.17) is 0 Å². The molecule has 0 bridgehead atoms. The average Bonchev–Trinajstić information content (AvgIpc) is 2.47. The SMILES string of the molecule is CCNc1cc(C)ccc1C(=O)N1CCC(CC)CC1. The minimum atomic E-state index is 0.176. The van der Waals surface area contributed by atoms with Gasteiger partial charge in [0.2, 0.25) is 0 Å². The predicted octanol–water partition coefficient (Wildman–Crippen LogP) is 3.69. The minimum Gasteiger partial charge on any atom is -0.385 e. The van der Waals surface area contributed by atoms with Gasteiger partial charge in [-0.1, -0.05) is 19.4 Å². The first-order valence-corrected chi connectivity index (χ1v) is 7.79. The molecule has 0 radical (unpaired) electrons. The van der Waals surface area contributed by atoms with Crippen LogP contribution in [0.1, 0.15) is 49.0 Å². The van der Waals surface area contributed by atoms with Crippen molar-refractivity contribution in [2.45, 2.75) is 40.0 Å². The van der Waals surface area contributed by atoms with Crippen molar-refractivity contribution in [1.29, 1.82) is 0 Å². The summed E-state index contributed by atoms with van der Waals surface area (Å²) in [6.45, 7) is 8.99. The van der Waals surface area contributed by atoms with E-state index in [1.807, 2.05) is 17.0 Å². The Labute approximate surface area is 122 Å². The smallest absolute Gasteiger partial charge is 0.255 e. The summed E-state index contributed by atoms with van der Waals surface area (Å²) in [5.41, 5.74) is 2.96. The van der Waals surface area contributed by atoms with Gasteiger partial charge in [-0.05, 0) is 50.3 Å². The Morgan fingerprint density at radius 1 is 1.30 bits per heavy atom. The Kier molecular flexibility index (Phi) is 5.05. The van der Waals surface area contributed by atoms with Crippen LogP contribution in [0.3, 0.4) is 0 Å². The van der Waals surface area contributed by atoms with Gasteiger partial charge in [0.25, 0.3) is 5.91 Å². The van der Waals surface area contributed by atoms with Crippen LogP contribution in [0.2, 0.25) is 0 Å². The van der Waals surface area contributed by atoms with Crippen molar-refractivity contribution in [3.05, 3.63) is 29.3 Å². The van der Waals surface area contributed by atoms with E-state index < -0.39 is 0 Å². The third-order valence-corrected chi connectivity index (χ3v) is 4.25. The number of piperidine rings is 1. The Bertz CT molecular complexity index is 462. The number of hydrogen-bond donors (Lipinski definition) is 1. The third-order valence-electron chi connectivity index (χ3n) is 4.25. The maximum Gasteiger partial charge on any atom is 0.255 e. The molecule has 3 nitrogen and oxygen atoms in total. The number of rotatable bonds is 4. The highest BCUT2D eigenvalue weighted by Gasteiger charge is 2.24. The van der Waals surface area contributed by atoms with Crippen LogP contribution in [-0.2, 0) is 0 Å². The monoisotopic (exact) mass is 274 g/mol. The second kappa shape index (κ2) is 6.78. The van der Waals surface area contributed by atoms with E-state index in [-0.39, 0.29) is 5.91 Å². The molecule has 1 N–H and O–H groups in total. The Morgan fingerprint density at radius 2 is 2.00 bits per heavy atom. The summed E-state index contributed by atoms with van der Waals surface area (Å²) in [6, 6.07) is 6.05. The lowest BCUT2D eigenvalue weighted by molar-refractivity contribution is 0.0690. The Hall–Kier alpha value is -1.51. The second-order valence-corrected chi connectivity index (χ2v) is 5.72. The maximum absolute atomic E-state index is 12.7. The van der Waals surface area contributed by atoms with Crippen LogP contribution >= 0.6 is 0 Å². The standard InChI is InChI=1S/C17H26N2O/c1-4-14-8-10-19(11-9-14)17(20)15-7-6-13(3)12-16(15)18-5-2/h6-7,12,14,18H,4-5,8-11H2,1-3H3. The van der Waals surface area contributed by atoms with Gasteiger partial charge < -0.3 is 10.2 Å². The molecule has 0 spiro atoms. The van der Waals surface area contributed by atoms with Crippen molar-refractivity contribution in [2.24, 2.45) is 5.92 Å². The zero-order valence-electron chi connectivity index (χ0n) is 12.9. The van der Waals surface area contributed by atoms with Crippen molar-refractivity contribution >= 4 is 11.6 Å². The van der Waals surface area contributed by atoms with Crippen LogP contribution in [0.15, 0.2) is 18.2 Å². The molecule has 1 aromatic carbocycles. The van der Waals surface area contributed by atoms with Crippen LogP contribution in [0.5, 0.6) is 0 Å². The number of carbonyl (C=O) groups excluding carboxylic acids is 1. The fourth-order valence-corrected chi connectivity index (χ4v) is 2.90. The topological polar surface area (TPSA) is 32.3 Å². The van der Waals surface area contributed by atoms with E-state index in [2.05, 4.69) is 32.2 Å². The fourth-order valence-electron chi connectivity index (χ4n) is 2.90. The van der Waals surface area contributed by atoms with Crippen LogP contribution in [0.25, 0.3) is 0 Å². The molecule has 0 atom stereocenters. The predicted molar refractivity (Wildman–Crippen MR) is 84.3 cm³/mol. The van der Waals surface area contributed by atoms with Gasteiger partial charge in [0.15, 0.2) is 0 Å². The molecule has 0 saturated carbocycles. The van der Waals surface area contributed by atoms with E-state index in [0.717, 1.165) is 49.6 Å². The van der Waals surface area contributed by atoms with E-state index in [1.54, 1.807) is 0 Å². The molecule has 1 heterocycles. The fraction of sp³-hybridized carbons (Fsp3) is 0.588. The lowest BCUT2D eigenvalue weighted by Crippen LogP contribution is -2.38. The number of nitrogens with zero attached hydrogens (tertiary/aromatic N) is 1. The average molecular weight is 274 g/mol. The third kappa shape index (κ3) is 3.33. The number of likely N-dealkylation sites (tertiary alicyclic amines) is 1. The van der Waals surface area contributed by atoms with Crippen LogP contribution < -0.4 is 5.32 Å². The van der Waals surface area contributed by atoms with Gasteiger partial charge in [0.05, 0.1) is 5.56 Å². The Balaban J connectivity index is 2.13. The van der Waals surface area contributed by atoms with Crippen LogP contribution in [0, 0.1) is 12.8 Å². The zero-order chi connectivity index (χ0) is 14.5. The molecule has 1 saturated heterocycles. The molecule has 3 heteroatoms. The molecular weight excluding hydrogens is 248 g/mol. The molecule has 1 fully saturated rings. The normalized spacial score (nSPS) is 16.2. The van der Waals surface area contributed by atoms with Crippen LogP contribution in [-0.4, -0.2) is 30.4 Å². The molecule has 2 rings (SSSR count). The number of aryl methyl sites for hydroxylation is 1. The van der Waals surface area contributed by atoms with Gasteiger partial charge in [0, 0.05) is 25.3 Å². The molecule has 1 aliphatic rings. The number of amides is 1. The van der Waals surface area contributed by atoms with E-state index in [1.165, 1.54) is 12.0 Å². The first-order chi connectivity index (χ1) is 9.65. The van der Waals surface area contributed by atoms with Crippen LogP contribution in [0.4, 0.5) is 5.69 Å². The van der Waals surface area contributed by atoms with E-state index in [9.17, 15) is 4.79 Å². The van der Waals surface area contributed by atoms with Crippen molar-refractivity contribution in [3.63, 3.8) is 0 Å². The van der Waals surface area contributed by atoms with Gasteiger partial charge in [-0.15, -0.1) is 0 Å². The van der Waals surface area contributed by atoms with Crippen molar-refractivity contribution in [2.75, 3.05) is 25.0 Å². The highest BCUT2D eigenvalue weighted by atomic mass is 16.2. The number of benzene rings is 1. The summed E-state index contributed by atoms with van der Waals surface area (Å²) >= 11 is 0. The second-order valence-electron chi connectivity index (χ2n) is 5.72. The van der Waals surface area contributed by atoms with E-state index >= 15 is 0 Å². The van der Waals surface area contributed by atoms with Gasteiger partial charge in [-0.25, -0.2) is 0 Å². The van der Waals surface area contributed by atoms with E-state index in [0.29, 0.717) is 0 Å². The van der Waals surface area contributed by atoms with Crippen molar-refractivity contribution in [3.8, 4) is 0 Å². The molecule has 20 heavy (non-hydrogen) atoms. The lowest BCUT2D eigenvalue weighted by atomic mass is 9.94. The number of anilines is 1.